The van der Waals surface area contributed by atoms with Crippen LogP contribution in [0.2, 0.25) is 0 Å². The van der Waals surface area contributed by atoms with Gasteiger partial charge in [0.15, 0.2) is 0 Å². The van der Waals surface area contributed by atoms with Gasteiger partial charge in [-0.3, -0.25) is 10.1 Å². The third-order valence-corrected chi connectivity index (χ3v) is 4.10. The molecule has 0 aromatic carbocycles. The van der Waals surface area contributed by atoms with E-state index in [1.807, 2.05) is 11.8 Å². The van der Waals surface area contributed by atoms with Gasteiger partial charge in [0.25, 0.3) is 5.92 Å². The molecule has 1 N–H and O–H groups in total. The summed E-state index contributed by atoms with van der Waals surface area (Å²) in [5.74, 6) is -1.99. The molecule has 2 fully saturated rings. The molecule has 92 valence electrons. The fourth-order valence-electron chi connectivity index (χ4n) is 2.13. The molecule has 2 aliphatic rings. The van der Waals surface area contributed by atoms with E-state index in [4.69, 9.17) is 0 Å². The molecule has 2 heterocycles. The summed E-state index contributed by atoms with van der Waals surface area (Å²) in [6, 6.07) is -0.690. The second-order valence-corrected chi connectivity index (χ2v) is 6.01. The van der Waals surface area contributed by atoms with E-state index in [0.29, 0.717) is 18.3 Å². The fourth-order valence-corrected chi connectivity index (χ4v) is 3.14. The topological polar surface area (TPSA) is 32.3 Å². The first kappa shape index (κ1) is 12.1. The maximum Gasteiger partial charge on any atom is 0.262 e. The van der Waals surface area contributed by atoms with Crippen LogP contribution in [-0.4, -0.2) is 53.4 Å². The van der Waals surface area contributed by atoms with Crippen LogP contribution in [0.1, 0.15) is 13.3 Å². The Kier molecular flexibility index (Phi) is 3.39. The second-order valence-electron chi connectivity index (χ2n) is 4.46. The predicted molar refractivity (Wildman–Crippen MR) is 59.9 cm³/mol. The van der Waals surface area contributed by atoms with E-state index in [0.717, 1.165) is 5.75 Å². The molecule has 0 radical (unpaired) electrons. The molecule has 0 bridgehead atoms. The number of rotatable bonds is 1. The standard InChI is InChI=1S/C10H16F2N2OS/c1-7-5-14(2-3-16-7)9(15)8-4-10(11,12)6-13-8/h7-8,13H,2-6H2,1H3. The Balaban J connectivity index is 1.92. The minimum Gasteiger partial charge on any atom is -0.339 e. The van der Waals surface area contributed by atoms with E-state index in [1.54, 1.807) is 4.90 Å². The zero-order chi connectivity index (χ0) is 11.8. The van der Waals surface area contributed by atoms with Gasteiger partial charge in [-0.05, 0) is 0 Å². The lowest BCUT2D eigenvalue weighted by Crippen LogP contribution is -2.48. The summed E-state index contributed by atoms with van der Waals surface area (Å²) in [7, 11) is 0. The molecular weight excluding hydrogens is 234 g/mol. The molecular formula is C10H16F2N2OS. The van der Waals surface area contributed by atoms with E-state index in [2.05, 4.69) is 12.2 Å². The van der Waals surface area contributed by atoms with Gasteiger partial charge in [0, 0.05) is 30.5 Å². The first-order valence-corrected chi connectivity index (χ1v) is 6.54. The number of halogens is 2. The van der Waals surface area contributed by atoms with E-state index < -0.39 is 12.0 Å². The van der Waals surface area contributed by atoms with Crippen molar-refractivity contribution in [2.24, 2.45) is 0 Å². The van der Waals surface area contributed by atoms with Crippen LogP contribution in [0, 0.1) is 0 Å². The van der Waals surface area contributed by atoms with Crippen LogP contribution < -0.4 is 5.32 Å². The maximum atomic E-state index is 13.0. The highest BCUT2D eigenvalue weighted by Crippen LogP contribution is 2.27. The number of carbonyl (C=O) groups excluding carboxylic acids is 1. The van der Waals surface area contributed by atoms with Gasteiger partial charge < -0.3 is 4.90 Å². The van der Waals surface area contributed by atoms with Crippen LogP contribution >= 0.6 is 11.8 Å². The van der Waals surface area contributed by atoms with Gasteiger partial charge in [-0.15, -0.1) is 0 Å². The highest BCUT2D eigenvalue weighted by molar-refractivity contribution is 7.99. The monoisotopic (exact) mass is 250 g/mol. The zero-order valence-electron chi connectivity index (χ0n) is 9.21. The number of hydrogen-bond acceptors (Lipinski definition) is 3. The average molecular weight is 250 g/mol. The lowest BCUT2D eigenvalue weighted by Gasteiger charge is -2.32. The largest absolute Gasteiger partial charge is 0.339 e. The summed E-state index contributed by atoms with van der Waals surface area (Å²) in [6.45, 7) is 3.03. The van der Waals surface area contributed by atoms with Crippen molar-refractivity contribution in [1.82, 2.24) is 10.2 Å². The average Bonchev–Trinajstić information content (AvgIpc) is 2.58. The van der Waals surface area contributed by atoms with Crippen molar-refractivity contribution in [2.75, 3.05) is 25.4 Å². The first-order valence-electron chi connectivity index (χ1n) is 5.49. The molecule has 1 amide bonds. The van der Waals surface area contributed by atoms with Crippen molar-refractivity contribution in [2.45, 2.75) is 30.6 Å². The summed E-state index contributed by atoms with van der Waals surface area (Å²) in [5, 5.41) is 3.01. The molecule has 2 rings (SSSR count). The molecule has 0 aliphatic carbocycles. The second kappa shape index (κ2) is 4.49. The van der Waals surface area contributed by atoms with Crippen LogP contribution in [0.3, 0.4) is 0 Å². The highest BCUT2D eigenvalue weighted by atomic mass is 32.2. The van der Waals surface area contributed by atoms with Gasteiger partial charge in [0.05, 0.1) is 12.6 Å². The van der Waals surface area contributed by atoms with Crippen LogP contribution in [0.5, 0.6) is 0 Å². The fraction of sp³-hybridized carbons (Fsp3) is 0.900. The van der Waals surface area contributed by atoms with Crippen molar-refractivity contribution in [3.8, 4) is 0 Å². The molecule has 0 aromatic heterocycles. The number of carbonyl (C=O) groups is 1. The molecule has 16 heavy (non-hydrogen) atoms. The number of hydrogen-bond donors (Lipinski definition) is 1. The summed E-state index contributed by atoms with van der Waals surface area (Å²) in [4.78, 5) is 13.7. The molecule has 2 atom stereocenters. The van der Waals surface area contributed by atoms with Crippen molar-refractivity contribution < 1.29 is 13.6 Å². The highest BCUT2D eigenvalue weighted by Gasteiger charge is 2.43. The van der Waals surface area contributed by atoms with Crippen LogP contribution in [0.4, 0.5) is 8.78 Å². The molecule has 0 spiro atoms. The molecule has 2 saturated heterocycles. The Morgan fingerprint density at radius 3 is 2.88 bits per heavy atom. The van der Waals surface area contributed by atoms with Crippen molar-refractivity contribution in [1.29, 1.82) is 0 Å². The SMILES string of the molecule is CC1CN(C(=O)C2CC(F)(F)CN2)CCS1. The number of nitrogens with zero attached hydrogens (tertiary/aromatic N) is 1. The molecule has 6 heteroatoms. The molecule has 0 aromatic rings. The van der Waals surface area contributed by atoms with Gasteiger partial charge in [0.2, 0.25) is 5.91 Å². The van der Waals surface area contributed by atoms with Gasteiger partial charge in [0.1, 0.15) is 0 Å². The summed E-state index contributed by atoms with van der Waals surface area (Å²) in [5.41, 5.74) is 0. The normalized spacial score (nSPS) is 34.1. The zero-order valence-corrected chi connectivity index (χ0v) is 10.0. The Morgan fingerprint density at radius 1 is 1.56 bits per heavy atom. The maximum absolute atomic E-state index is 13.0. The van der Waals surface area contributed by atoms with Crippen LogP contribution in [0.25, 0.3) is 0 Å². The van der Waals surface area contributed by atoms with Crippen LogP contribution in [-0.2, 0) is 4.79 Å². The van der Waals surface area contributed by atoms with E-state index >= 15 is 0 Å². The minimum atomic E-state index is -2.73. The van der Waals surface area contributed by atoms with Crippen molar-refractivity contribution >= 4 is 17.7 Å². The number of alkyl halides is 2. The van der Waals surface area contributed by atoms with Gasteiger partial charge in [-0.25, -0.2) is 8.78 Å². The summed E-state index contributed by atoms with van der Waals surface area (Å²) >= 11 is 1.82. The molecule has 2 unspecified atom stereocenters. The summed E-state index contributed by atoms with van der Waals surface area (Å²) < 4.78 is 25.9. The predicted octanol–water partition coefficient (Wildman–Crippen LogP) is 0.948. The number of thioether (sulfide) groups is 1. The smallest absolute Gasteiger partial charge is 0.262 e. The van der Waals surface area contributed by atoms with Gasteiger partial charge in [-0.2, -0.15) is 11.8 Å². The van der Waals surface area contributed by atoms with Crippen LogP contribution in [0.15, 0.2) is 0 Å². The van der Waals surface area contributed by atoms with Crippen molar-refractivity contribution in [3.05, 3.63) is 0 Å². The lowest BCUT2D eigenvalue weighted by atomic mass is 10.1. The third-order valence-electron chi connectivity index (χ3n) is 2.96. The Morgan fingerprint density at radius 2 is 2.31 bits per heavy atom. The molecule has 3 nitrogen and oxygen atoms in total. The van der Waals surface area contributed by atoms with E-state index in [1.165, 1.54) is 0 Å². The third kappa shape index (κ3) is 2.66. The molecule has 0 saturated carbocycles. The summed E-state index contributed by atoms with van der Waals surface area (Å²) in [6.07, 6.45) is -0.357. The van der Waals surface area contributed by atoms with Crippen molar-refractivity contribution in [3.63, 3.8) is 0 Å². The molecule has 2 aliphatic heterocycles. The quantitative estimate of drug-likeness (QED) is 0.752. The van der Waals surface area contributed by atoms with Gasteiger partial charge >= 0.3 is 0 Å². The Labute approximate surface area is 97.9 Å². The number of nitrogens with one attached hydrogen (secondary N) is 1. The van der Waals surface area contributed by atoms with E-state index in [9.17, 15) is 13.6 Å². The first-order chi connectivity index (χ1) is 7.48. The Bertz CT molecular complexity index is 284. The lowest BCUT2D eigenvalue weighted by molar-refractivity contribution is -0.133. The van der Waals surface area contributed by atoms with Gasteiger partial charge in [-0.1, -0.05) is 6.92 Å². The number of amides is 1. The Hall–Kier alpha value is -0.360. The van der Waals surface area contributed by atoms with E-state index in [-0.39, 0.29) is 18.9 Å². The minimum absolute atomic E-state index is 0.163.